The van der Waals surface area contributed by atoms with Gasteiger partial charge in [0.05, 0.1) is 12.2 Å². The molecular formula is C27H38O6. The third kappa shape index (κ3) is 3.13. The first-order valence-electron chi connectivity index (χ1n) is 12.8. The number of aliphatic hydroxyl groups is 1. The maximum absolute atomic E-state index is 13.7. The maximum atomic E-state index is 13.7. The molecule has 6 nitrogen and oxygen atoms in total. The summed E-state index contributed by atoms with van der Waals surface area (Å²) in [6.45, 7) is 8.77. The van der Waals surface area contributed by atoms with Crippen LogP contribution in [0.25, 0.3) is 0 Å². The number of ether oxygens (including phenoxy) is 3. The molecule has 1 N–H and O–H groups in total. The van der Waals surface area contributed by atoms with E-state index in [2.05, 4.69) is 20.8 Å². The minimum absolute atomic E-state index is 0.0111. The molecule has 5 aliphatic rings. The molecule has 9 atom stereocenters. The molecule has 0 aromatic rings. The van der Waals surface area contributed by atoms with Gasteiger partial charge in [-0.25, -0.2) is 0 Å². The zero-order chi connectivity index (χ0) is 23.6. The molecule has 5 rings (SSSR count). The van der Waals surface area contributed by atoms with E-state index in [9.17, 15) is 14.7 Å². The molecule has 6 heteroatoms. The Morgan fingerprint density at radius 3 is 2.82 bits per heavy atom. The van der Waals surface area contributed by atoms with Crippen LogP contribution in [-0.4, -0.2) is 54.0 Å². The average molecular weight is 459 g/mol. The van der Waals surface area contributed by atoms with E-state index in [0.29, 0.717) is 13.0 Å². The normalized spacial score (nSPS) is 48.0. The fourth-order valence-electron chi connectivity index (χ4n) is 8.31. The highest BCUT2D eigenvalue weighted by molar-refractivity contribution is 6.01. The lowest BCUT2D eigenvalue weighted by Crippen LogP contribution is -2.63. The van der Waals surface area contributed by atoms with E-state index in [-0.39, 0.29) is 53.7 Å². The largest absolute Gasteiger partial charge is 0.393 e. The standard InChI is InChI=1S/C27H38O6/c1-5-7-23-32-22-13-19-18-9-8-16-12-17(28)10-11-25(16,3)24(18)20(29)14-26(19,4)27(22,33-23)21(30)15-31-6-2/h10-12,18-20,22-24,29H,5-9,13-15H2,1-4H3/t18-,19-,20-,22+,23?,24+,25-,26-,27+/m0/s1. The topological polar surface area (TPSA) is 82.1 Å². The van der Waals surface area contributed by atoms with Gasteiger partial charge in [-0.15, -0.1) is 0 Å². The van der Waals surface area contributed by atoms with E-state index >= 15 is 0 Å². The number of ketones is 2. The zero-order valence-corrected chi connectivity index (χ0v) is 20.3. The van der Waals surface area contributed by atoms with Gasteiger partial charge in [0.2, 0.25) is 0 Å². The number of rotatable bonds is 6. The monoisotopic (exact) mass is 458 g/mol. The van der Waals surface area contributed by atoms with Crippen molar-refractivity contribution in [2.45, 2.75) is 90.3 Å². The van der Waals surface area contributed by atoms with Crippen LogP contribution in [0.4, 0.5) is 0 Å². The lowest BCUT2D eigenvalue weighted by Gasteiger charge is -2.59. The summed E-state index contributed by atoms with van der Waals surface area (Å²) in [4.78, 5) is 25.8. The zero-order valence-electron chi connectivity index (χ0n) is 20.3. The molecule has 0 spiro atoms. The van der Waals surface area contributed by atoms with Crippen molar-refractivity contribution in [1.29, 1.82) is 0 Å². The minimum Gasteiger partial charge on any atom is -0.393 e. The van der Waals surface area contributed by atoms with Crippen LogP contribution in [0.3, 0.4) is 0 Å². The van der Waals surface area contributed by atoms with Gasteiger partial charge < -0.3 is 19.3 Å². The fourth-order valence-corrected chi connectivity index (χ4v) is 8.31. The summed E-state index contributed by atoms with van der Waals surface area (Å²) in [6, 6.07) is 0. The number of hydrogen-bond donors (Lipinski definition) is 1. The van der Waals surface area contributed by atoms with Crippen molar-refractivity contribution < 1.29 is 28.9 Å². The van der Waals surface area contributed by atoms with Gasteiger partial charge >= 0.3 is 0 Å². The Kier molecular flexibility index (Phi) is 5.75. The number of fused-ring (bicyclic) bond motifs is 7. The van der Waals surface area contributed by atoms with Gasteiger partial charge in [0, 0.05) is 23.4 Å². The summed E-state index contributed by atoms with van der Waals surface area (Å²) in [7, 11) is 0. The van der Waals surface area contributed by atoms with Gasteiger partial charge in [-0.1, -0.05) is 38.8 Å². The van der Waals surface area contributed by atoms with Crippen LogP contribution in [-0.2, 0) is 23.8 Å². The van der Waals surface area contributed by atoms with E-state index in [4.69, 9.17) is 14.2 Å². The average Bonchev–Trinajstić information content (AvgIpc) is 3.25. The maximum Gasteiger partial charge on any atom is 0.193 e. The van der Waals surface area contributed by atoms with E-state index in [1.54, 1.807) is 12.2 Å². The highest BCUT2D eigenvalue weighted by Crippen LogP contribution is 2.69. The Balaban J connectivity index is 1.53. The first-order valence-corrected chi connectivity index (χ1v) is 12.8. The number of hydrogen-bond acceptors (Lipinski definition) is 6. The van der Waals surface area contributed by atoms with Gasteiger partial charge in [-0.3, -0.25) is 9.59 Å². The van der Waals surface area contributed by atoms with Crippen LogP contribution in [0.1, 0.15) is 66.2 Å². The van der Waals surface area contributed by atoms with E-state index in [1.807, 2.05) is 13.0 Å². The molecule has 33 heavy (non-hydrogen) atoms. The predicted octanol–water partition coefficient (Wildman–Crippen LogP) is 3.76. The number of carbonyl (C=O) groups is 2. The second-order valence-corrected chi connectivity index (χ2v) is 11.2. The third-order valence-corrected chi connectivity index (χ3v) is 9.67. The number of allylic oxidation sites excluding steroid dienone is 4. The number of aliphatic hydroxyl groups excluding tert-OH is 1. The predicted molar refractivity (Wildman–Crippen MR) is 122 cm³/mol. The van der Waals surface area contributed by atoms with Crippen molar-refractivity contribution in [3.8, 4) is 0 Å². The van der Waals surface area contributed by atoms with E-state index in [0.717, 1.165) is 37.7 Å². The van der Waals surface area contributed by atoms with Crippen LogP contribution in [0.5, 0.6) is 0 Å². The van der Waals surface area contributed by atoms with Gasteiger partial charge in [-0.05, 0) is 63.0 Å². The number of carbonyl (C=O) groups excluding carboxylic acids is 2. The molecule has 1 aliphatic heterocycles. The molecule has 3 saturated carbocycles. The molecule has 0 radical (unpaired) electrons. The smallest absolute Gasteiger partial charge is 0.193 e. The van der Waals surface area contributed by atoms with Gasteiger partial charge in [0.25, 0.3) is 0 Å². The van der Waals surface area contributed by atoms with Crippen molar-refractivity contribution in [2.24, 2.45) is 28.6 Å². The van der Waals surface area contributed by atoms with Crippen LogP contribution < -0.4 is 0 Å². The first-order chi connectivity index (χ1) is 15.7. The second-order valence-electron chi connectivity index (χ2n) is 11.2. The molecule has 1 unspecified atom stereocenters. The van der Waals surface area contributed by atoms with Gasteiger partial charge in [0.1, 0.15) is 6.61 Å². The van der Waals surface area contributed by atoms with E-state index < -0.39 is 17.1 Å². The Morgan fingerprint density at radius 1 is 1.30 bits per heavy atom. The Hall–Kier alpha value is -1.34. The van der Waals surface area contributed by atoms with Crippen LogP contribution in [0.15, 0.2) is 23.8 Å². The van der Waals surface area contributed by atoms with Crippen LogP contribution in [0, 0.1) is 28.6 Å². The Bertz CT molecular complexity index is 893. The molecule has 1 heterocycles. The van der Waals surface area contributed by atoms with Crippen molar-refractivity contribution in [1.82, 2.24) is 0 Å². The van der Waals surface area contributed by atoms with Crippen molar-refractivity contribution in [3.05, 3.63) is 23.8 Å². The first kappa shape index (κ1) is 23.4. The third-order valence-electron chi connectivity index (χ3n) is 9.67. The summed E-state index contributed by atoms with van der Waals surface area (Å²) in [6.07, 6.45) is 8.83. The highest BCUT2D eigenvalue weighted by atomic mass is 16.7. The van der Waals surface area contributed by atoms with Crippen molar-refractivity contribution in [2.75, 3.05) is 13.2 Å². The molecule has 0 aromatic heterocycles. The molecule has 4 fully saturated rings. The minimum atomic E-state index is -1.08. The Morgan fingerprint density at radius 2 is 2.09 bits per heavy atom. The van der Waals surface area contributed by atoms with Gasteiger partial charge in [-0.2, -0.15) is 0 Å². The Labute approximate surface area is 196 Å². The summed E-state index contributed by atoms with van der Waals surface area (Å²) >= 11 is 0. The molecule has 0 amide bonds. The van der Waals surface area contributed by atoms with Crippen molar-refractivity contribution >= 4 is 11.6 Å². The highest BCUT2D eigenvalue weighted by Gasteiger charge is 2.75. The SMILES string of the molecule is CCCC1O[C@@H]2C[C@H]3[C@@H]4CCC5=CC(=O)C=C[C@]5(C)[C@H]4[C@@H](O)C[C@]3(C)[C@]2(C(=O)COCC)O1. The molecule has 1 saturated heterocycles. The number of Topliss-reactive ketones (excluding diaryl/α,β-unsaturated/α-hetero) is 1. The molecular weight excluding hydrogens is 420 g/mol. The summed E-state index contributed by atoms with van der Waals surface area (Å²) in [5, 5.41) is 11.7. The molecule has 182 valence electrons. The van der Waals surface area contributed by atoms with Crippen LogP contribution >= 0.6 is 0 Å². The molecule has 0 aromatic carbocycles. The second kappa shape index (κ2) is 8.11. The lowest BCUT2D eigenvalue weighted by molar-refractivity contribution is -0.201. The fraction of sp³-hybridized carbons (Fsp3) is 0.778. The van der Waals surface area contributed by atoms with Gasteiger partial charge in [0.15, 0.2) is 23.5 Å². The lowest BCUT2D eigenvalue weighted by atomic mass is 9.46. The summed E-state index contributed by atoms with van der Waals surface area (Å²) < 4.78 is 18.5. The summed E-state index contributed by atoms with van der Waals surface area (Å²) in [5.41, 5.74) is -0.798. The van der Waals surface area contributed by atoms with Crippen molar-refractivity contribution in [3.63, 3.8) is 0 Å². The quantitative estimate of drug-likeness (QED) is 0.653. The summed E-state index contributed by atoms with van der Waals surface area (Å²) in [5.74, 6) is 0.445. The van der Waals surface area contributed by atoms with Crippen LogP contribution in [0.2, 0.25) is 0 Å². The van der Waals surface area contributed by atoms with E-state index in [1.165, 1.54) is 0 Å². The molecule has 0 bridgehead atoms. The molecule has 4 aliphatic carbocycles.